The molecule has 238 valence electrons. The van der Waals surface area contributed by atoms with Crippen molar-refractivity contribution in [3.8, 4) is 21.8 Å². The van der Waals surface area contributed by atoms with E-state index in [9.17, 15) is 27.6 Å². The predicted octanol–water partition coefficient (Wildman–Crippen LogP) is 6.06. The molecule has 1 aliphatic carbocycles. The fourth-order valence-corrected chi connectivity index (χ4v) is 8.02. The fourth-order valence-electron chi connectivity index (χ4n) is 7.06. The van der Waals surface area contributed by atoms with Crippen LogP contribution in [0.2, 0.25) is 0 Å². The Bertz CT molecular complexity index is 2140. The predicted molar refractivity (Wildman–Crippen MR) is 165 cm³/mol. The van der Waals surface area contributed by atoms with Gasteiger partial charge in [-0.1, -0.05) is 17.3 Å². The van der Waals surface area contributed by atoms with E-state index < -0.39 is 29.3 Å². The van der Waals surface area contributed by atoms with Crippen LogP contribution in [0.3, 0.4) is 0 Å². The molecule has 47 heavy (non-hydrogen) atoms. The van der Waals surface area contributed by atoms with E-state index in [-0.39, 0.29) is 23.6 Å². The minimum Gasteiger partial charge on any atom is -0.345 e. The van der Waals surface area contributed by atoms with Gasteiger partial charge < -0.3 is 10.2 Å². The fraction of sp³-hybridized carbons (Fsp3) is 0.265. The number of hydrogen-bond donors (Lipinski definition) is 2. The second-order valence-corrected chi connectivity index (χ2v) is 13.1. The van der Waals surface area contributed by atoms with E-state index in [1.165, 1.54) is 18.2 Å². The summed E-state index contributed by atoms with van der Waals surface area (Å²) in [4.78, 5) is 50.0. The first kappa shape index (κ1) is 29.4. The Hall–Kier alpha value is -5.04. The molecule has 5 heterocycles. The van der Waals surface area contributed by atoms with Crippen LogP contribution in [0, 0.1) is 17.5 Å². The maximum atomic E-state index is 14.0. The smallest absolute Gasteiger partial charge is 0.345 e. The third-order valence-corrected chi connectivity index (χ3v) is 10.3. The van der Waals surface area contributed by atoms with Crippen molar-refractivity contribution in [2.24, 2.45) is 0 Å². The van der Waals surface area contributed by atoms with Crippen molar-refractivity contribution in [3.05, 3.63) is 115 Å². The number of nitrogens with one attached hydrogen (secondary N) is 2. The topological polar surface area (TPSA) is 121 Å². The number of thiophene rings is 1. The molecule has 2 amide bonds. The van der Waals surface area contributed by atoms with Crippen molar-refractivity contribution in [1.82, 2.24) is 25.3 Å². The minimum absolute atomic E-state index is 0.102. The van der Waals surface area contributed by atoms with Gasteiger partial charge in [-0.15, -0.1) is 11.3 Å². The summed E-state index contributed by atoms with van der Waals surface area (Å²) in [5.74, 6) is -3.47. The molecule has 3 aromatic heterocycles. The number of carbonyl (C=O) groups excluding carboxylic acids is 2. The van der Waals surface area contributed by atoms with Gasteiger partial charge in [0.2, 0.25) is 0 Å². The van der Waals surface area contributed by atoms with Crippen LogP contribution < -0.4 is 11.1 Å². The summed E-state index contributed by atoms with van der Waals surface area (Å²) in [5, 5.41) is 6.93. The van der Waals surface area contributed by atoms with Crippen LogP contribution >= 0.6 is 11.3 Å². The maximum Gasteiger partial charge on any atom is 0.439 e. The number of aryl methyl sites for hydroxylation is 3. The van der Waals surface area contributed by atoms with Crippen LogP contribution in [-0.4, -0.2) is 38.4 Å². The number of rotatable bonds is 7. The summed E-state index contributed by atoms with van der Waals surface area (Å²) in [6.45, 7) is 0.589. The first-order valence-corrected chi connectivity index (χ1v) is 16.1. The number of pyridine rings is 1. The Kier molecular flexibility index (Phi) is 7.08. The summed E-state index contributed by atoms with van der Waals surface area (Å²) in [6.07, 6.45) is 3.50. The van der Waals surface area contributed by atoms with Gasteiger partial charge in [-0.3, -0.25) is 24.1 Å². The van der Waals surface area contributed by atoms with Gasteiger partial charge in [-0.25, -0.2) is 18.0 Å². The Labute approximate surface area is 269 Å². The standard InChI is InChI=1S/C34H26F3N5O4S/c35-18-7-3-16(4-8-18)5-9-23-27(31-40-34(45)46-41-31)28(29-30(38-23)24-2-1-13-42(24)33(29)44)25-11-12-26(47-25)32(43)39-22-10-6-17-14-20(36)21(37)15-19(17)22/h3-4,7-8,11-12,14-15,22,24H,1-2,5-6,9-10,13H2,(H,39,43)(H,40,41,45). The molecular weight excluding hydrogens is 631 g/mol. The highest BCUT2D eigenvalue weighted by Gasteiger charge is 2.44. The lowest BCUT2D eigenvalue weighted by Gasteiger charge is -2.16. The Balaban J connectivity index is 1.21. The third kappa shape index (κ3) is 5.05. The molecule has 2 N–H and O–H groups in total. The van der Waals surface area contributed by atoms with E-state index in [1.54, 1.807) is 29.2 Å². The van der Waals surface area contributed by atoms with E-state index in [2.05, 4.69) is 15.5 Å². The van der Waals surface area contributed by atoms with Gasteiger partial charge in [0, 0.05) is 17.0 Å². The normalized spacial score (nSPS) is 18.0. The van der Waals surface area contributed by atoms with Crippen molar-refractivity contribution in [3.63, 3.8) is 0 Å². The number of fused-ring (bicyclic) bond motifs is 4. The zero-order valence-corrected chi connectivity index (χ0v) is 25.6. The number of aromatic nitrogens is 3. The quantitative estimate of drug-likeness (QED) is 0.220. The molecule has 1 fully saturated rings. The average Bonchev–Trinajstić information content (AvgIpc) is 3.89. The summed E-state index contributed by atoms with van der Waals surface area (Å²) in [6, 6.07) is 11.2. The number of benzene rings is 2. The molecule has 13 heteroatoms. The van der Waals surface area contributed by atoms with Crippen molar-refractivity contribution in [2.75, 3.05) is 6.54 Å². The highest BCUT2D eigenvalue weighted by Crippen LogP contribution is 2.48. The number of halogens is 3. The summed E-state index contributed by atoms with van der Waals surface area (Å²) in [7, 11) is 0. The summed E-state index contributed by atoms with van der Waals surface area (Å²) < 4.78 is 46.3. The van der Waals surface area contributed by atoms with E-state index in [1.807, 2.05) is 0 Å². The molecule has 1 saturated heterocycles. The van der Waals surface area contributed by atoms with Gasteiger partial charge in [0.25, 0.3) is 11.8 Å². The molecule has 9 nitrogen and oxygen atoms in total. The summed E-state index contributed by atoms with van der Waals surface area (Å²) in [5.41, 5.74) is 4.62. The third-order valence-electron chi connectivity index (χ3n) is 9.23. The van der Waals surface area contributed by atoms with Gasteiger partial charge in [-0.2, -0.15) is 0 Å². The van der Waals surface area contributed by atoms with Crippen LogP contribution in [0.4, 0.5) is 13.2 Å². The molecule has 2 atom stereocenters. The zero-order chi connectivity index (χ0) is 32.4. The minimum atomic E-state index is -0.964. The van der Waals surface area contributed by atoms with E-state index in [0.29, 0.717) is 81.2 Å². The molecule has 2 unspecified atom stereocenters. The van der Waals surface area contributed by atoms with Crippen LogP contribution in [-0.2, 0) is 19.3 Å². The lowest BCUT2D eigenvalue weighted by Crippen LogP contribution is -2.26. The molecule has 3 aliphatic rings. The molecule has 0 radical (unpaired) electrons. The van der Waals surface area contributed by atoms with Crippen LogP contribution in [0.1, 0.15) is 79.5 Å². The number of carbonyl (C=O) groups is 2. The number of amides is 2. The highest BCUT2D eigenvalue weighted by atomic mass is 32.1. The first-order valence-electron chi connectivity index (χ1n) is 15.3. The zero-order valence-electron chi connectivity index (χ0n) is 24.7. The van der Waals surface area contributed by atoms with Gasteiger partial charge in [0.15, 0.2) is 17.5 Å². The van der Waals surface area contributed by atoms with Gasteiger partial charge in [0.05, 0.1) is 39.5 Å². The molecular formula is C34H26F3N5O4S. The van der Waals surface area contributed by atoms with Gasteiger partial charge >= 0.3 is 5.76 Å². The number of H-pyrrole nitrogens is 1. The van der Waals surface area contributed by atoms with Crippen molar-refractivity contribution in [2.45, 2.75) is 50.6 Å². The largest absolute Gasteiger partial charge is 0.439 e. The number of hydrogen-bond acceptors (Lipinski definition) is 7. The van der Waals surface area contributed by atoms with E-state index >= 15 is 0 Å². The second-order valence-electron chi connectivity index (χ2n) is 12.0. The molecule has 0 saturated carbocycles. The molecule has 2 aromatic carbocycles. The number of nitrogens with zero attached hydrogens (tertiary/aromatic N) is 3. The van der Waals surface area contributed by atoms with Crippen LogP contribution in [0.15, 0.2) is 57.8 Å². The van der Waals surface area contributed by atoms with Gasteiger partial charge in [0.1, 0.15) is 5.82 Å². The molecule has 5 aromatic rings. The maximum absolute atomic E-state index is 14.0. The van der Waals surface area contributed by atoms with E-state index in [4.69, 9.17) is 9.51 Å². The average molecular weight is 658 g/mol. The molecule has 0 bridgehead atoms. The van der Waals surface area contributed by atoms with E-state index in [0.717, 1.165) is 35.8 Å². The monoisotopic (exact) mass is 657 g/mol. The Morgan fingerprint density at radius 1 is 1.00 bits per heavy atom. The van der Waals surface area contributed by atoms with Crippen molar-refractivity contribution < 1.29 is 27.3 Å². The van der Waals surface area contributed by atoms with Gasteiger partial charge in [-0.05, 0) is 91.6 Å². The van der Waals surface area contributed by atoms with Crippen LogP contribution in [0.25, 0.3) is 21.8 Å². The lowest BCUT2D eigenvalue weighted by atomic mass is 9.93. The van der Waals surface area contributed by atoms with Crippen molar-refractivity contribution >= 4 is 23.2 Å². The first-order chi connectivity index (χ1) is 22.7. The summed E-state index contributed by atoms with van der Waals surface area (Å²) >= 11 is 1.16. The second kappa shape index (κ2) is 11.3. The SMILES string of the molecule is O=C(NC1CCc2cc(F)c(F)cc21)c1ccc(-c2c3c(nc(CCc4ccc(F)cc4)c2-c2noc(=O)[nH]2)C2CCCN2C3=O)s1. The Morgan fingerprint density at radius 2 is 1.81 bits per heavy atom. The Morgan fingerprint density at radius 3 is 2.60 bits per heavy atom. The molecule has 0 spiro atoms. The molecule has 8 rings (SSSR count). The molecule has 2 aliphatic heterocycles. The number of aromatic amines is 1. The van der Waals surface area contributed by atoms with Crippen molar-refractivity contribution in [1.29, 1.82) is 0 Å². The highest BCUT2D eigenvalue weighted by molar-refractivity contribution is 7.17. The lowest BCUT2D eigenvalue weighted by molar-refractivity contribution is 0.0776. The van der Waals surface area contributed by atoms with Crippen LogP contribution in [0.5, 0.6) is 0 Å².